The van der Waals surface area contributed by atoms with Crippen LogP contribution >= 0.6 is 15.9 Å². The molecule has 0 radical (unpaired) electrons. The molecule has 1 N–H and O–H groups in total. The summed E-state index contributed by atoms with van der Waals surface area (Å²) in [6.45, 7) is 1.78. The molecule has 0 aliphatic rings. The van der Waals surface area contributed by atoms with Crippen molar-refractivity contribution in [2.75, 3.05) is 0 Å². The molecule has 0 aliphatic carbocycles. The first kappa shape index (κ1) is 10.9. The quantitative estimate of drug-likeness (QED) is 0.829. The minimum absolute atomic E-state index is 0.377. The lowest BCUT2D eigenvalue weighted by molar-refractivity contribution is -0.131. The zero-order chi connectivity index (χ0) is 10.7. The number of hydrogen-bond donors (Lipinski definition) is 1. The Morgan fingerprint density at radius 3 is 2.79 bits per heavy atom. The lowest BCUT2D eigenvalue weighted by atomic mass is 10.1. The normalized spacial score (nSPS) is 10.8. The van der Waals surface area contributed by atoms with Crippen LogP contribution in [0.3, 0.4) is 0 Å². The summed E-state index contributed by atoms with van der Waals surface area (Å²) >= 11 is 3.04. The lowest BCUT2D eigenvalue weighted by Crippen LogP contribution is -1.89. The summed E-state index contributed by atoms with van der Waals surface area (Å²) in [4.78, 5) is 10.2. The molecule has 0 amide bonds. The van der Waals surface area contributed by atoms with Gasteiger partial charge in [0.25, 0.3) is 0 Å². The topological polar surface area (TPSA) is 37.3 Å². The summed E-state index contributed by atoms with van der Waals surface area (Å²) in [5.41, 5.74) is 1.38. The number of benzene rings is 1. The third-order valence-electron chi connectivity index (χ3n) is 1.71. The van der Waals surface area contributed by atoms with Crippen LogP contribution in [-0.2, 0) is 4.79 Å². The summed E-state index contributed by atoms with van der Waals surface area (Å²) in [5.74, 6) is -1.45. The number of hydrogen-bond acceptors (Lipinski definition) is 1. The number of carboxylic acids is 1. The fourth-order valence-corrected chi connectivity index (χ4v) is 1.46. The zero-order valence-corrected chi connectivity index (χ0v) is 9.01. The standard InChI is InChI=1S/C10H8BrFO2/c1-6-4-8(11)9(12)5-7(6)2-3-10(13)14/h2-5H,1H3,(H,13,14)/b3-2+. The molecule has 0 saturated heterocycles. The number of rotatable bonds is 2. The van der Waals surface area contributed by atoms with Gasteiger partial charge in [-0.25, -0.2) is 9.18 Å². The first-order valence-corrected chi connectivity index (χ1v) is 4.66. The van der Waals surface area contributed by atoms with Crippen LogP contribution in [0.5, 0.6) is 0 Å². The molecule has 0 unspecified atom stereocenters. The molecular formula is C10H8BrFO2. The van der Waals surface area contributed by atoms with Crippen molar-refractivity contribution in [3.05, 3.63) is 39.6 Å². The van der Waals surface area contributed by atoms with Crippen LogP contribution in [0, 0.1) is 12.7 Å². The zero-order valence-electron chi connectivity index (χ0n) is 7.42. The Hall–Kier alpha value is -1.16. The van der Waals surface area contributed by atoms with E-state index in [1.54, 1.807) is 13.0 Å². The summed E-state index contributed by atoms with van der Waals surface area (Å²) in [6.07, 6.45) is 2.35. The van der Waals surface area contributed by atoms with Gasteiger partial charge in [-0.15, -0.1) is 0 Å². The van der Waals surface area contributed by atoms with Gasteiger partial charge in [0.05, 0.1) is 4.47 Å². The van der Waals surface area contributed by atoms with Gasteiger partial charge in [0.2, 0.25) is 0 Å². The molecule has 0 aromatic heterocycles. The van der Waals surface area contributed by atoms with Gasteiger partial charge in [0.15, 0.2) is 0 Å². The van der Waals surface area contributed by atoms with E-state index in [4.69, 9.17) is 5.11 Å². The molecule has 0 spiro atoms. The van der Waals surface area contributed by atoms with Crippen LogP contribution in [-0.4, -0.2) is 11.1 Å². The lowest BCUT2D eigenvalue weighted by Gasteiger charge is -2.01. The fraction of sp³-hybridized carbons (Fsp3) is 0.100. The molecule has 74 valence electrons. The number of aryl methyl sites for hydroxylation is 1. The van der Waals surface area contributed by atoms with E-state index in [1.807, 2.05) is 0 Å². The number of aliphatic carboxylic acids is 1. The first-order chi connectivity index (χ1) is 6.50. The summed E-state index contributed by atoms with van der Waals surface area (Å²) in [5, 5.41) is 8.40. The van der Waals surface area contributed by atoms with Crippen molar-refractivity contribution in [3.8, 4) is 0 Å². The van der Waals surface area contributed by atoms with E-state index >= 15 is 0 Å². The average Bonchev–Trinajstić information content (AvgIpc) is 2.09. The minimum Gasteiger partial charge on any atom is -0.478 e. The van der Waals surface area contributed by atoms with Crippen LogP contribution in [0.2, 0.25) is 0 Å². The Morgan fingerprint density at radius 1 is 1.57 bits per heavy atom. The second-order valence-electron chi connectivity index (χ2n) is 2.79. The van der Waals surface area contributed by atoms with Crippen molar-refractivity contribution in [3.63, 3.8) is 0 Å². The van der Waals surface area contributed by atoms with Crippen LogP contribution < -0.4 is 0 Å². The molecule has 0 fully saturated rings. The molecule has 1 aromatic carbocycles. The molecule has 1 aromatic rings. The Morgan fingerprint density at radius 2 is 2.21 bits per heavy atom. The summed E-state index contributed by atoms with van der Waals surface area (Å²) < 4.78 is 13.4. The summed E-state index contributed by atoms with van der Waals surface area (Å²) in [6, 6.07) is 2.90. The van der Waals surface area contributed by atoms with E-state index in [2.05, 4.69) is 15.9 Å². The van der Waals surface area contributed by atoms with E-state index in [1.165, 1.54) is 12.1 Å². The smallest absolute Gasteiger partial charge is 0.328 e. The molecule has 0 atom stereocenters. The highest BCUT2D eigenvalue weighted by Crippen LogP contribution is 2.21. The molecule has 0 bridgehead atoms. The minimum atomic E-state index is -1.05. The molecule has 0 heterocycles. The number of halogens is 2. The van der Waals surface area contributed by atoms with Gasteiger partial charge in [-0.2, -0.15) is 0 Å². The highest BCUT2D eigenvalue weighted by Gasteiger charge is 2.02. The SMILES string of the molecule is Cc1cc(Br)c(F)cc1/C=C/C(=O)O. The van der Waals surface area contributed by atoms with Gasteiger partial charge < -0.3 is 5.11 Å². The van der Waals surface area contributed by atoms with Gasteiger partial charge in [-0.3, -0.25) is 0 Å². The van der Waals surface area contributed by atoms with E-state index in [9.17, 15) is 9.18 Å². The predicted octanol–water partition coefficient (Wildman–Crippen LogP) is 2.99. The highest BCUT2D eigenvalue weighted by molar-refractivity contribution is 9.10. The summed E-state index contributed by atoms with van der Waals surface area (Å²) in [7, 11) is 0. The van der Waals surface area contributed by atoms with Crippen molar-refractivity contribution < 1.29 is 14.3 Å². The third-order valence-corrected chi connectivity index (χ3v) is 2.32. The Bertz CT molecular complexity index is 399. The van der Waals surface area contributed by atoms with Crippen molar-refractivity contribution in [2.24, 2.45) is 0 Å². The van der Waals surface area contributed by atoms with Crippen LogP contribution in [0.1, 0.15) is 11.1 Å². The van der Waals surface area contributed by atoms with E-state index in [-0.39, 0.29) is 0 Å². The van der Waals surface area contributed by atoms with Crippen molar-refractivity contribution in [2.45, 2.75) is 6.92 Å². The molecule has 0 aliphatic heterocycles. The Kier molecular flexibility index (Phi) is 3.41. The largest absolute Gasteiger partial charge is 0.478 e. The highest BCUT2D eigenvalue weighted by atomic mass is 79.9. The molecule has 0 saturated carbocycles. The monoisotopic (exact) mass is 258 g/mol. The van der Waals surface area contributed by atoms with Gasteiger partial charge in [0.1, 0.15) is 5.82 Å². The van der Waals surface area contributed by atoms with E-state index < -0.39 is 11.8 Å². The maximum absolute atomic E-state index is 13.1. The van der Waals surface area contributed by atoms with E-state index in [0.29, 0.717) is 10.0 Å². The van der Waals surface area contributed by atoms with Gasteiger partial charge in [0, 0.05) is 6.08 Å². The van der Waals surface area contributed by atoms with Crippen molar-refractivity contribution in [1.29, 1.82) is 0 Å². The molecule has 4 heteroatoms. The predicted molar refractivity (Wildman–Crippen MR) is 55.5 cm³/mol. The number of carboxylic acid groups (broad SMARTS) is 1. The van der Waals surface area contributed by atoms with Gasteiger partial charge >= 0.3 is 5.97 Å². The second-order valence-corrected chi connectivity index (χ2v) is 3.65. The number of carbonyl (C=O) groups is 1. The fourth-order valence-electron chi connectivity index (χ4n) is 1.00. The Balaban J connectivity index is 3.10. The average molecular weight is 259 g/mol. The molecule has 1 rings (SSSR count). The van der Waals surface area contributed by atoms with Crippen LogP contribution in [0.4, 0.5) is 4.39 Å². The maximum atomic E-state index is 13.1. The van der Waals surface area contributed by atoms with E-state index in [0.717, 1.165) is 11.6 Å². The first-order valence-electron chi connectivity index (χ1n) is 3.87. The second kappa shape index (κ2) is 4.37. The maximum Gasteiger partial charge on any atom is 0.328 e. The molecular weight excluding hydrogens is 251 g/mol. The Labute approximate surface area is 89.2 Å². The van der Waals surface area contributed by atoms with Crippen molar-refractivity contribution in [1.82, 2.24) is 0 Å². The molecule has 2 nitrogen and oxygen atoms in total. The van der Waals surface area contributed by atoms with Crippen LogP contribution in [0.25, 0.3) is 6.08 Å². The van der Waals surface area contributed by atoms with Crippen LogP contribution in [0.15, 0.2) is 22.7 Å². The van der Waals surface area contributed by atoms with Gasteiger partial charge in [-0.05, 0) is 52.2 Å². The van der Waals surface area contributed by atoms with Gasteiger partial charge in [-0.1, -0.05) is 0 Å². The third kappa shape index (κ3) is 2.67. The molecule has 14 heavy (non-hydrogen) atoms. The van der Waals surface area contributed by atoms with Crippen molar-refractivity contribution >= 4 is 28.0 Å².